The third-order valence-electron chi connectivity index (χ3n) is 3.66. The normalized spacial score (nSPS) is 17.0. The minimum atomic E-state index is -0.810. The van der Waals surface area contributed by atoms with Gasteiger partial charge in [0.1, 0.15) is 0 Å². The first-order valence-corrected chi connectivity index (χ1v) is 8.00. The molecule has 1 aromatic heterocycles. The summed E-state index contributed by atoms with van der Waals surface area (Å²) in [6, 6.07) is 7.75. The van der Waals surface area contributed by atoms with Gasteiger partial charge in [-0.3, -0.25) is 4.90 Å². The molecule has 2 nitrogen and oxygen atoms in total. The van der Waals surface area contributed by atoms with E-state index in [1.54, 1.807) is 18.2 Å². The number of rotatable bonds is 3. The maximum atomic E-state index is 14.3. The van der Waals surface area contributed by atoms with Gasteiger partial charge in [0.05, 0.1) is 10.4 Å². The Morgan fingerprint density at radius 2 is 1.86 bits per heavy atom. The summed E-state index contributed by atoms with van der Waals surface area (Å²) in [4.78, 5) is 3.10. The summed E-state index contributed by atoms with van der Waals surface area (Å²) in [5.74, 6) is -1.58. The first-order chi connectivity index (χ1) is 10.2. The van der Waals surface area contributed by atoms with Gasteiger partial charge in [0, 0.05) is 36.6 Å². The Labute approximate surface area is 143 Å². The Morgan fingerprint density at radius 3 is 2.50 bits per heavy atom. The number of thiophene rings is 1. The van der Waals surface area contributed by atoms with E-state index in [2.05, 4.69) is 10.2 Å². The predicted molar refractivity (Wildman–Crippen MR) is 89.2 cm³/mol. The molecule has 22 heavy (non-hydrogen) atoms. The fourth-order valence-electron chi connectivity index (χ4n) is 2.68. The molecular formula is C15H16Cl2F2N2S. The number of halogens is 4. The van der Waals surface area contributed by atoms with Gasteiger partial charge in [-0.25, -0.2) is 8.78 Å². The van der Waals surface area contributed by atoms with Gasteiger partial charge in [-0.2, -0.15) is 0 Å². The molecule has 0 saturated carbocycles. The Balaban J connectivity index is 0.00000176. The lowest BCUT2D eigenvalue weighted by Gasteiger charge is -2.34. The summed E-state index contributed by atoms with van der Waals surface area (Å²) in [7, 11) is 0. The molecule has 1 N–H and O–H groups in total. The van der Waals surface area contributed by atoms with Gasteiger partial charge in [-0.1, -0.05) is 23.7 Å². The second kappa shape index (κ2) is 7.70. The van der Waals surface area contributed by atoms with E-state index in [1.165, 1.54) is 11.3 Å². The zero-order chi connectivity index (χ0) is 14.8. The Hall–Kier alpha value is -0.720. The zero-order valence-electron chi connectivity index (χ0n) is 11.7. The highest BCUT2D eigenvalue weighted by Gasteiger charge is 2.28. The molecule has 0 unspecified atom stereocenters. The predicted octanol–water partition coefficient (Wildman–Crippen LogP) is 4.10. The highest BCUT2D eigenvalue weighted by Crippen LogP contribution is 2.36. The van der Waals surface area contributed by atoms with Crippen LogP contribution in [0, 0.1) is 11.6 Å². The summed E-state index contributed by atoms with van der Waals surface area (Å²) in [6.45, 7) is 3.26. The minimum absolute atomic E-state index is 0. The summed E-state index contributed by atoms with van der Waals surface area (Å²) in [6.07, 6.45) is 0. The molecule has 3 rings (SSSR count). The monoisotopic (exact) mass is 364 g/mol. The number of piperazine rings is 1. The van der Waals surface area contributed by atoms with Crippen LogP contribution < -0.4 is 5.32 Å². The van der Waals surface area contributed by atoms with Crippen LogP contribution in [0.15, 0.2) is 30.3 Å². The van der Waals surface area contributed by atoms with Crippen LogP contribution in [0.4, 0.5) is 8.78 Å². The van der Waals surface area contributed by atoms with E-state index >= 15 is 0 Å². The topological polar surface area (TPSA) is 15.3 Å². The largest absolute Gasteiger partial charge is 0.314 e. The molecule has 2 aromatic rings. The molecule has 0 spiro atoms. The number of hydrogen-bond donors (Lipinski definition) is 1. The molecule has 0 radical (unpaired) electrons. The average Bonchev–Trinajstić information content (AvgIpc) is 2.91. The standard InChI is InChI=1S/C15H15ClF2N2S.ClH/c16-13-5-4-12(21-13)15(20-8-6-19-7-9-20)10-2-1-3-11(17)14(10)18;/h1-5,15,19H,6-9H2;1H/t15-;/m1./s1. The lowest BCUT2D eigenvalue weighted by Crippen LogP contribution is -2.45. The molecule has 1 aliphatic rings. The third kappa shape index (κ3) is 3.60. The minimum Gasteiger partial charge on any atom is -0.314 e. The fraction of sp³-hybridized carbons (Fsp3) is 0.333. The molecule has 1 aromatic carbocycles. The van der Waals surface area contributed by atoms with Crippen molar-refractivity contribution in [3.05, 3.63) is 56.7 Å². The van der Waals surface area contributed by atoms with E-state index in [1.807, 2.05) is 6.07 Å². The van der Waals surface area contributed by atoms with E-state index in [4.69, 9.17) is 11.6 Å². The molecule has 0 amide bonds. The zero-order valence-corrected chi connectivity index (χ0v) is 14.1. The van der Waals surface area contributed by atoms with Crippen LogP contribution >= 0.6 is 35.3 Å². The lowest BCUT2D eigenvalue weighted by atomic mass is 10.0. The van der Waals surface area contributed by atoms with Crippen molar-refractivity contribution in [2.75, 3.05) is 26.2 Å². The first-order valence-electron chi connectivity index (χ1n) is 6.81. The van der Waals surface area contributed by atoms with Gasteiger partial charge in [-0.15, -0.1) is 23.7 Å². The smallest absolute Gasteiger partial charge is 0.163 e. The molecule has 1 fully saturated rings. The first kappa shape index (κ1) is 17.6. The maximum Gasteiger partial charge on any atom is 0.163 e. The number of hydrogen-bond acceptors (Lipinski definition) is 3. The van der Waals surface area contributed by atoms with Crippen LogP contribution in [0.5, 0.6) is 0 Å². The molecule has 1 aliphatic heterocycles. The van der Waals surface area contributed by atoms with Gasteiger partial charge < -0.3 is 5.32 Å². The van der Waals surface area contributed by atoms with Crippen molar-refractivity contribution >= 4 is 35.3 Å². The summed E-state index contributed by atoms with van der Waals surface area (Å²) in [5, 5.41) is 3.27. The molecule has 0 bridgehead atoms. The molecule has 0 aliphatic carbocycles. The van der Waals surface area contributed by atoms with E-state index in [-0.39, 0.29) is 18.4 Å². The third-order valence-corrected chi connectivity index (χ3v) is 4.94. The highest BCUT2D eigenvalue weighted by atomic mass is 35.5. The van der Waals surface area contributed by atoms with Crippen LogP contribution in [0.25, 0.3) is 0 Å². The SMILES string of the molecule is Cl.Fc1cccc([C@H](c2ccc(Cl)s2)N2CCNCC2)c1F. The van der Waals surface area contributed by atoms with Gasteiger partial charge in [-0.05, 0) is 18.2 Å². The van der Waals surface area contributed by atoms with Crippen LogP contribution in [0.1, 0.15) is 16.5 Å². The van der Waals surface area contributed by atoms with Crippen LogP contribution in [-0.2, 0) is 0 Å². The molecular weight excluding hydrogens is 349 g/mol. The van der Waals surface area contributed by atoms with Gasteiger partial charge in [0.25, 0.3) is 0 Å². The number of nitrogens with zero attached hydrogens (tertiary/aromatic N) is 1. The average molecular weight is 365 g/mol. The quantitative estimate of drug-likeness (QED) is 0.881. The van der Waals surface area contributed by atoms with E-state index in [0.29, 0.717) is 9.90 Å². The van der Waals surface area contributed by atoms with Crippen LogP contribution in [0.2, 0.25) is 4.34 Å². The Bertz CT molecular complexity index is 630. The highest BCUT2D eigenvalue weighted by molar-refractivity contribution is 7.16. The number of nitrogens with one attached hydrogen (secondary N) is 1. The molecule has 1 saturated heterocycles. The summed E-state index contributed by atoms with van der Waals surface area (Å²) < 4.78 is 28.5. The van der Waals surface area contributed by atoms with Crippen molar-refractivity contribution in [3.63, 3.8) is 0 Å². The summed E-state index contributed by atoms with van der Waals surface area (Å²) in [5.41, 5.74) is 0.371. The van der Waals surface area contributed by atoms with Crippen molar-refractivity contribution in [2.45, 2.75) is 6.04 Å². The van der Waals surface area contributed by atoms with Crippen molar-refractivity contribution in [3.8, 4) is 0 Å². The summed E-state index contributed by atoms with van der Waals surface area (Å²) >= 11 is 7.43. The maximum absolute atomic E-state index is 14.3. The van der Waals surface area contributed by atoms with Crippen molar-refractivity contribution < 1.29 is 8.78 Å². The van der Waals surface area contributed by atoms with Crippen molar-refractivity contribution in [2.24, 2.45) is 0 Å². The molecule has 1 atom stereocenters. The Morgan fingerprint density at radius 1 is 1.14 bits per heavy atom. The van der Waals surface area contributed by atoms with Gasteiger partial charge in [0.2, 0.25) is 0 Å². The van der Waals surface area contributed by atoms with Crippen molar-refractivity contribution in [1.29, 1.82) is 0 Å². The molecule has 7 heteroatoms. The van der Waals surface area contributed by atoms with Crippen LogP contribution in [0.3, 0.4) is 0 Å². The van der Waals surface area contributed by atoms with Gasteiger partial charge in [0.15, 0.2) is 11.6 Å². The van der Waals surface area contributed by atoms with E-state index in [0.717, 1.165) is 37.1 Å². The van der Waals surface area contributed by atoms with Crippen molar-refractivity contribution in [1.82, 2.24) is 10.2 Å². The fourth-order valence-corrected chi connectivity index (χ4v) is 3.89. The van der Waals surface area contributed by atoms with Crippen LogP contribution in [-0.4, -0.2) is 31.1 Å². The Kier molecular flexibility index (Phi) is 6.17. The molecule has 2 heterocycles. The van der Waals surface area contributed by atoms with E-state index in [9.17, 15) is 8.78 Å². The number of benzene rings is 1. The molecule has 120 valence electrons. The second-order valence-corrected chi connectivity index (χ2v) is 6.72. The van der Waals surface area contributed by atoms with Gasteiger partial charge >= 0.3 is 0 Å². The van der Waals surface area contributed by atoms with E-state index < -0.39 is 11.6 Å². The second-order valence-electron chi connectivity index (χ2n) is 4.97. The lowest BCUT2D eigenvalue weighted by molar-refractivity contribution is 0.197.